The van der Waals surface area contributed by atoms with E-state index in [1.807, 2.05) is 29.2 Å². The molecule has 1 amide bonds. The van der Waals surface area contributed by atoms with Gasteiger partial charge < -0.3 is 15.4 Å². The first kappa shape index (κ1) is 19.4. The van der Waals surface area contributed by atoms with Gasteiger partial charge >= 0.3 is 0 Å². The molecular formula is C23H30N2O2. The van der Waals surface area contributed by atoms with E-state index >= 15 is 0 Å². The van der Waals surface area contributed by atoms with Crippen molar-refractivity contribution >= 4 is 5.91 Å². The number of hydrogen-bond acceptors (Lipinski definition) is 3. The molecule has 1 aliphatic heterocycles. The van der Waals surface area contributed by atoms with Crippen LogP contribution in [0.2, 0.25) is 0 Å². The minimum absolute atomic E-state index is 0.238. The Morgan fingerprint density at radius 1 is 1.11 bits per heavy atom. The standard InChI is InChI=1S/C23H30N2O2/c1-18-8-7-11-21(14-18)27-13-6-5-12-23(26)25-16-20(15-24)22(17-25)19-9-3-2-4-10-19/h2-4,7-11,14,20,22H,5-6,12-13,15-17,24H2,1H3/t20-,22+/m1/s1. The van der Waals surface area contributed by atoms with Crippen molar-refractivity contribution in [3.63, 3.8) is 0 Å². The molecule has 1 aliphatic rings. The van der Waals surface area contributed by atoms with Crippen LogP contribution in [0.3, 0.4) is 0 Å². The predicted octanol–water partition coefficient (Wildman–Crippen LogP) is 3.75. The number of benzene rings is 2. The number of amides is 1. The fourth-order valence-corrected chi connectivity index (χ4v) is 3.82. The van der Waals surface area contributed by atoms with Crippen molar-refractivity contribution < 1.29 is 9.53 Å². The number of hydrogen-bond donors (Lipinski definition) is 1. The fraction of sp³-hybridized carbons (Fsp3) is 0.435. The number of nitrogens with two attached hydrogens (primary N) is 1. The van der Waals surface area contributed by atoms with Gasteiger partial charge in [-0.25, -0.2) is 0 Å². The smallest absolute Gasteiger partial charge is 0.222 e. The van der Waals surface area contributed by atoms with E-state index in [2.05, 4.69) is 37.3 Å². The first-order chi connectivity index (χ1) is 13.2. The Morgan fingerprint density at radius 2 is 1.93 bits per heavy atom. The van der Waals surface area contributed by atoms with Gasteiger partial charge in [0.05, 0.1) is 6.61 Å². The molecule has 1 saturated heterocycles. The van der Waals surface area contributed by atoms with Crippen LogP contribution in [0.4, 0.5) is 0 Å². The minimum Gasteiger partial charge on any atom is -0.494 e. The monoisotopic (exact) mass is 366 g/mol. The van der Waals surface area contributed by atoms with E-state index in [1.165, 1.54) is 11.1 Å². The SMILES string of the molecule is Cc1cccc(OCCCCC(=O)N2C[C@@H](CN)[C@H](c3ccccc3)C2)c1. The van der Waals surface area contributed by atoms with Crippen LogP contribution in [0.5, 0.6) is 5.75 Å². The Bertz CT molecular complexity index is 732. The number of ether oxygens (including phenoxy) is 1. The van der Waals surface area contributed by atoms with E-state index in [1.54, 1.807) is 0 Å². The third kappa shape index (κ3) is 5.33. The fourth-order valence-electron chi connectivity index (χ4n) is 3.82. The number of carbonyl (C=O) groups is 1. The molecule has 0 saturated carbocycles. The maximum Gasteiger partial charge on any atom is 0.222 e. The second-order valence-electron chi connectivity index (χ2n) is 7.43. The number of aryl methyl sites for hydroxylation is 1. The molecule has 4 nitrogen and oxygen atoms in total. The van der Waals surface area contributed by atoms with Crippen LogP contribution in [0.1, 0.15) is 36.3 Å². The highest BCUT2D eigenvalue weighted by atomic mass is 16.5. The van der Waals surface area contributed by atoms with Gasteiger partial charge in [-0.2, -0.15) is 0 Å². The van der Waals surface area contributed by atoms with Gasteiger partial charge in [-0.3, -0.25) is 4.79 Å². The van der Waals surface area contributed by atoms with Crippen LogP contribution in [0, 0.1) is 12.8 Å². The molecule has 0 bridgehead atoms. The molecule has 0 radical (unpaired) electrons. The number of unbranched alkanes of at least 4 members (excludes halogenated alkanes) is 1. The van der Waals surface area contributed by atoms with Gasteiger partial charge in [-0.1, -0.05) is 42.5 Å². The molecular weight excluding hydrogens is 336 g/mol. The Morgan fingerprint density at radius 3 is 2.67 bits per heavy atom. The molecule has 2 N–H and O–H groups in total. The van der Waals surface area contributed by atoms with E-state index < -0.39 is 0 Å². The average Bonchev–Trinajstić information content (AvgIpc) is 3.13. The summed E-state index contributed by atoms with van der Waals surface area (Å²) in [7, 11) is 0. The summed E-state index contributed by atoms with van der Waals surface area (Å²) >= 11 is 0. The maximum atomic E-state index is 12.6. The Labute approximate surface area is 162 Å². The summed E-state index contributed by atoms with van der Waals surface area (Å²) in [4.78, 5) is 14.6. The molecule has 144 valence electrons. The van der Waals surface area contributed by atoms with Crippen LogP contribution in [0.25, 0.3) is 0 Å². The third-order valence-corrected chi connectivity index (χ3v) is 5.37. The Kier molecular flexibility index (Phi) is 6.88. The van der Waals surface area contributed by atoms with E-state index in [0.717, 1.165) is 31.7 Å². The summed E-state index contributed by atoms with van der Waals surface area (Å²) in [6.45, 7) is 4.88. The minimum atomic E-state index is 0.238. The number of nitrogens with zero attached hydrogens (tertiary/aromatic N) is 1. The zero-order valence-electron chi connectivity index (χ0n) is 16.1. The van der Waals surface area contributed by atoms with Gasteiger partial charge in [0, 0.05) is 25.4 Å². The second-order valence-corrected chi connectivity index (χ2v) is 7.43. The molecule has 3 rings (SSSR count). The van der Waals surface area contributed by atoms with Gasteiger partial charge in [-0.05, 0) is 55.5 Å². The molecule has 0 aromatic heterocycles. The van der Waals surface area contributed by atoms with Crippen molar-refractivity contribution in [3.8, 4) is 5.75 Å². The molecule has 0 unspecified atom stereocenters. The van der Waals surface area contributed by atoms with E-state index in [9.17, 15) is 4.79 Å². The zero-order valence-corrected chi connectivity index (χ0v) is 16.1. The van der Waals surface area contributed by atoms with Gasteiger partial charge in [-0.15, -0.1) is 0 Å². The molecule has 2 aromatic rings. The van der Waals surface area contributed by atoms with Crippen molar-refractivity contribution in [1.82, 2.24) is 4.90 Å². The Hall–Kier alpha value is -2.33. The lowest BCUT2D eigenvalue weighted by Gasteiger charge is -2.17. The Balaban J connectivity index is 1.42. The quantitative estimate of drug-likeness (QED) is 0.724. The maximum absolute atomic E-state index is 12.6. The first-order valence-corrected chi connectivity index (χ1v) is 9.89. The molecule has 0 spiro atoms. The summed E-state index contributed by atoms with van der Waals surface area (Å²) in [5.74, 6) is 1.84. The third-order valence-electron chi connectivity index (χ3n) is 5.37. The topological polar surface area (TPSA) is 55.6 Å². The lowest BCUT2D eigenvalue weighted by Crippen LogP contribution is -2.29. The highest BCUT2D eigenvalue weighted by Gasteiger charge is 2.34. The summed E-state index contributed by atoms with van der Waals surface area (Å²) in [6.07, 6.45) is 2.32. The van der Waals surface area contributed by atoms with Gasteiger partial charge in [0.1, 0.15) is 5.75 Å². The van der Waals surface area contributed by atoms with Gasteiger partial charge in [0.15, 0.2) is 0 Å². The summed E-state index contributed by atoms with van der Waals surface area (Å²) in [5, 5.41) is 0. The van der Waals surface area contributed by atoms with Crippen molar-refractivity contribution in [1.29, 1.82) is 0 Å². The largest absolute Gasteiger partial charge is 0.494 e. The van der Waals surface area contributed by atoms with Crippen molar-refractivity contribution in [2.75, 3.05) is 26.2 Å². The summed E-state index contributed by atoms with van der Waals surface area (Å²) < 4.78 is 5.76. The highest BCUT2D eigenvalue weighted by molar-refractivity contribution is 5.76. The predicted molar refractivity (Wildman–Crippen MR) is 109 cm³/mol. The van der Waals surface area contributed by atoms with Crippen LogP contribution in [-0.4, -0.2) is 37.0 Å². The van der Waals surface area contributed by atoms with Crippen LogP contribution in [-0.2, 0) is 4.79 Å². The van der Waals surface area contributed by atoms with E-state index in [0.29, 0.717) is 31.4 Å². The zero-order chi connectivity index (χ0) is 19.1. The lowest BCUT2D eigenvalue weighted by atomic mass is 9.89. The lowest BCUT2D eigenvalue weighted by molar-refractivity contribution is -0.130. The molecule has 1 heterocycles. The van der Waals surface area contributed by atoms with Crippen LogP contribution >= 0.6 is 0 Å². The molecule has 27 heavy (non-hydrogen) atoms. The number of rotatable bonds is 8. The molecule has 0 aliphatic carbocycles. The molecule has 2 aromatic carbocycles. The second kappa shape index (κ2) is 9.56. The normalized spacial score (nSPS) is 19.3. The molecule has 2 atom stereocenters. The van der Waals surface area contributed by atoms with E-state index in [-0.39, 0.29) is 5.91 Å². The van der Waals surface area contributed by atoms with Gasteiger partial charge in [0.25, 0.3) is 0 Å². The van der Waals surface area contributed by atoms with Crippen molar-refractivity contribution in [3.05, 3.63) is 65.7 Å². The van der Waals surface area contributed by atoms with Gasteiger partial charge in [0.2, 0.25) is 5.91 Å². The highest BCUT2D eigenvalue weighted by Crippen LogP contribution is 2.32. The molecule has 4 heteroatoms. The van der Waals surface area contributed by atoms with Crippen molar-refractivity contribution in [2.45, 2.75) is 32.1 Å². The number of carbonyl (C=O) groups excluding carboxylic acids is 1. The first-order valence-electron chi connectivity index (χ1n) is 9.89. The average molecular weight is 367 g/mol. The van der Waals surface area contributed by atoms with E-state index in [4.69, 9.17) is 10.5 Å². The summed E-state index contributed by atoms with van der Waals surface area (Å²) in [6, 6.07) is 18.5. The van der Waals surface area contributed by atoms with Crippen LogP contribution in [0.15, 0.2) is 54.6 Å². The summed E-state index contributed by atoms with van der Waals surface area (Å²) in [5.41, 5.74) is 8.46. The number of likely N-dealkylation sites (tertiary alicyclic amines) is 1. The molecule has 1 fully saturated rings. The van der Waals surface area contributed by atoms with Crippen molar-refractivity contribution in [2.24, 2.45) is 11.7 Å². The van der Waals surface area contributed by atoms with Crippen LogP contribution < -0.4 is 10.5 Å².